The summed E-state index contributed by atoms with van der Waals surface area (Å²) in [5, 5.41) is 0. The van der Waals surface area contributed by atoms with E-state index >= 15 is 0 Å². The van der Waals surface area contributed by atoms with Gasteiger partial charge in [-0.3, -0.25) is 0 Å². The molecule has 0 amide bonds. The van der Waals surface area contributed by atoms with Crippen LogP contribution in [0.15, 0.2) is 24.3 Å². The second-order valence-corrected chi connectivity index (χ2v) is 14.7. The van der Waals surface area contributed by atoms with Gasteiger partial charge in [0.05, 0.1) is 25.7 Å². The van der Waals surface area contributed by atoms with E-state index in [0.29, 0.717) is 38.9 Å². The Hall–Kier alpha value is -0.326. The van der Waals surface area contributed by atoms with Gasteiger partial charge in [0.1, 0.15) is 0 Å². The monoisotopic (exact) mass is 492 g/mol. The molecule has 0 spiro atoms. The highest BCUT2D eigenvalue weighted by molar-refractivity contribution is 6.66. The van der Waals surface area contributed by atoms with E-state index in [4.69, 9.17) is 27.2 Å². The third kappa shape index (κ3) is 21.5. The molecule has 0 bridgehead atoms. The fraction of sp³-hybridized carbons (Fsp3) is 0.833. The molecule has 0 rings (SSSR count). The molecule has 0 fully saturated rings. The van der Waals surface area contributed by atoms with E-state index in [9.17, 15) is 0 Å². The summed E-state index contributed by atoms with van der Waals surface area (Å²) >= 11 is 0. The first-order valence-electron chi connectivity index (χ1n) is 12.1. The van der Waals surface area contributed by atoms with Crippen molar-refractivity contribution in [3.05, 3.63) is 24.3 Å². The third-order valence-corrected chi connectivity index (χ3v) is 9.02. The van der Waals surface area contributed by atoms with Gasteiger partial charge >= 0.3 is 17.1 Å². The van der Waals surface area contributed by atoms with E-state index in [0.717, 1.165) is 50.0 Å². The fourth-order valence-corrected chi connectivity index (χ4v) is 6.37. The van der Waals surface area contributed by atoms with Crippen molar-refractivity contribution in [1.29, 1.82) is 0 Å². The summed E-state index contributed by atoms with van der Waals surface area (Å²) in [7, 11) is -4.23. The standard InChI is InChI=1S/C14H30O3Si.C10H22O3Si/c1-6-8-10-16-18(5,17-11-9-7-2)13-15-12-14(3)4;1-6-12-14(5,13-7-2)9-11-8-10(3)4/h3,6-13H2,1-2,4-5H3;3,6-9H2,1-2,4-5H3. The van der Waals surface area contributed by atoms with E-state index in [2.05, 4.69) is 33.6 Å². The van der Waals surface area contributed by atoms with Crippen LogP contribution in [0, 0.1) is 0 Å². The van der Waals surface area contributed by atoms with Crippen molar-refractivity contribution >= 4 is 17.1 Å². The van der Waals surface area contributed by atoms with Crippen LogP contribution < -0.4 is 0 Å². The average Bonchev–Trinajstić information content (AvgIpc) is 2.69. The van der Waals surface area contributed by atoms with Gasteiger partial charge in [0.25, 0.3) is 0 Å². The fourth-order valence-electron chi connectivity index (χ4n) is 2.55. The maximum absolute atomic E-state index is 5.96. The molecule has 0 unspecified atom stereocenters. The van der Waals surface area contributed by atoms with Gasteiger partial charge in [0, 0.05) is 26.4 Å². The molecule has 0 radical (unpaired) electrons. The maximum Gasteiger partial charge on any atom is 0.361 e. The van der Waals surface area contributed by atoms with Crippen LogP contribution in [0.5, 0.6) is 0 Å². The van der Waals surface area contributed by atoms with Gasteiger partial charge in [-0.15, -0.1) is 0 Å². The molecule has 0 saturated heterocycles. The van der Waals surface area contributed by atoms with E-state index < -0.39 is 17.1 Å². The molecule has 0 atom stereocenters. The van der Waals surface area contributed by atoms with E-state index in [1.807, 2.05) is 34.2 Å². The smallest absolute Gasteiger partial charge is 0.361 e. The van der Waals surface area contributed by atoms with Gasteiger partial charge < -0.3 is 27.2 Å². The van der Waals surface area contributed by atoms with Crippen molar-refractivity contribution in [3.63, 3.8) is 0 Å². The Morgan fingerprint density at radius 2 is 0.969 bits per heavy atom. The Kier molecular flexibility index (Phi) is 22.4. The van der Waals surface area contributed by atoms with Crippen molar-refractivity contribution in [2.24, 2.45) is 0 Å². The number of hydrogen-bond acceptors (Lipinski definition) is 6. The Labute approximate surface area is 201 Å². The molecule has 8 heteroatoms. The molecule has 192 valence electrons. The largest absolute Gasteiger partial charge is 0.393 e. The Morgan fingerprint density at radius 1 is 0.625 bits per heavy atom. The highest BCUT2D eigenvalue weighted by Gasteiger charge is 2.32. The lowest BCUT2D eigenvalue weighted by Crippen LogP contribution is -2.45. The number of ether oxygens (including phenoxy) is 2. The molecule has 0 aliphatic carbocycles. The molecular weight excluding hydrogens is 440 g/mol. The zero-order valence-electron chi connectivity index (χ0n) is 22.3. The zero-order valence-corrected chi connectivity index (χ0v) is 24.3. The van der Waals surface area contributed by atoms with Gasteiger partial charge in [0.2, 0.25) is 0 Å². The van der Waals surface area contributed by atoms with E-state index in [1.54, 1.807) is 0 Å². The van der Waals surface area contributed by atoms with Crippen molar-refractivity contribution in [1.82, 2.24) is 0 Å². The van der Waals surface area contributed by atoms with Crippen molar-refractivity contribution in [2.75, 3.05) is 52.1 Å². The lowest BCUT2D eigenvalue weighted by atomic mass is 10.4. The van der Waals surface area contributed by atoms with Crippen molar-refractivity contribution in [3.8, 4) is 0 Å². The van der Waals surface area contributed by atoms with Crippen LogP contribution >= 0.6 is 0 Å². The van der Waals surface area contributed by atoms with Gasteiger partial charge in [-0.25, -0.2) is 0 Å². The second-order valence-electron chi connectivity index (χ2n) is 8.44. The molecule has 0 aliphatic heterocycles. The minimum Gasteiger partial charge on any atom is -0.393 e. The molecule has 0 aliphatic rings. The lowest BCUT2D eigenvalue weighted by Gasteiger charge is -2.27. The summed E-state index contributed by atoms with van der Waals surface area (Å²) in [4.78, 5) is 0. The van der Waals surface area contributed by atoms with E-state index in [-0.39, 0.29) is 0 Å². The number of unbranched alkanes of at least 4 members (excludes halogenated alkanes) is 2. The normalized spacial score (nSPS) is 11.8. The van der Waals surface area contributed by atoms with Crippen molar-refractivity contribution < 1.29 is 27.2 Å². The Balaban J connectivity index is 0. The molecule has 32 heavy (non-hydrogen) atoms. The summed E-state index contributed by atoms with van der Waals surface area (Å²) in [6.45, 7) is 28.0. The van der Waals surface area contributed by atoms with Gasteiger partial charge in [0.15, 0.2) is 0 Å². The highest BCUT2D eigenvalue weighted by atomic mass is 28.4. The first-order chi connectivity index (χ1) is 15.1. The SMILES string of the molecule is C=C(C)COC[Si](C)(OCC)OCC.C=C(C)COC[Si](C)(OCCCC)OCCCC. The second kappa shape index (κ2) is 21.2. The number of rotatable bonds is 20. The summed E-state index contributed by atoms with van der Waals surface area (Å²) in [5.74, 6) is 0. The number of hydrogen-bond donors (Lipinski definition) is 0. The van der Waals surface area contributed by atoms with Crippen LogP contribution in [0.25, 0.3) is 0 Å². The summed E-state index contributed by atoms with van der Waals surface area (Å²) < 4.78 is 34.3. The predicted octanol–water partition coefficient (Wildman–Crippen LogP) is 6.09. The van der Waals surface area contributed by atoms with E-state index in [1.165, 1.54) is 0 Å². The third-order valence-electron chi connectivity index (χ3n) is 4.14. The quantitative estimate of drug-likeness (QED) is 0.116. The first-order valence-corrected chi connectivity index (χ1v) is 17.1. The van der Waals surface area contributed by atoms with Gasteiger partial charge in [-0.05, 0) is 53.6 Å². The van der Waals surface area contributed by atoms with Crippen LogP contribution in [-0.2, 0) is 27.2 Å². The minimum absolute atomic E-state index is 0.571. The van der Waals surface area contributed by atoms with Gasteiger partial charge in [-0.1, -0.05) is 51.0 Å². The molecule has 0 heterocycles. The van der Waals surface area contributed by atoms with Crippen LogP contribution in [0.4, 0.5) is 0 Å². The van der Waals surface area contributed by atoms with Crippen LogP contribution in [-0.4, -0.2) is 69.2 Å². The molecule has 0 N–H and O–H groups in total. The summed E-state index contributed by atoms with van der Waals surface area (Å²) in [6.07, 6.45) is 5.62. The lowest BCUT2D eigenvalue weighted by molar-refractivity contribution is 0.111. The van der Waals surface area contributed by atoms with Crippen LogP contribution in [0.2, 0.25) is 13.1 Å². The molecule has 6 nitrogen and oxygen atoms in total. The zero-order chi connectivity index (χ0) is 24.9. The minimum atomic E-state index is -2.15. The Morgan fingerprint density at radius 3 is 1.25 bits per heavy atom. The molecule has 0 aromatic rings. The summed E-state index contributed by atoms with van der Waals surface area (Å²) in [5.41, 5.74) is 2.06. The van der Waals surface area contributed by atoms with Crippen LogP contribution in [0.1, 0.15) is 67.2 Å². The van der Waals surface area contributed by atoms with Gasteiger partial charge in [-0.2, -0.15) is 0 Å². The van der Waals surface area contributed by atoms with Crippen molar-refractivity contribution in [2.45, 2.75) is 80.3 Å². The average molecular weight is 493 g/mol. The summed E-state index contributed by atoms with van der Waals surface area (Å²) in [6, 6.07) is 0. The molecule has 0 aromatic carbocycles. The van der Waals surface area contributed by atoms with Crippen LogP contribution in [0.3, 0.4) is 0 Å². The molecular formula is C24H52O6Si2. The first kappa shape index (κ1) is 33.8. The predicted molar refractivity (Wildman–Crippen MR) is 139 cm³/mol. The topological polar surface area (TPSA) is 55.4 Å². The highest BCUT2D eigenvalue weighted by Crippen LogP contribution is 2.11. The maximum atomic E-state index is 5.96. The Bertz CT molecular complexity index is 457. The molecule has 0 saturated carbocycles. The molecule has 0 aromatic heterocycles.